The average Bonchev–Trinajstić information content (AvgIpc) is 3.37. The molecule has 35 heavy (non-hydrogen) atoms. The van der Waals surface area contributed by atoms with Gasteiger partial charge in [0, 0.05) is 24.4 Å². The maximum Gasteiger partial charge on any atom is 0.119 e. The van der Waals surface area contributed by atoms with Crippen molar-refractivity contribution >= 4 is 0 Å². The van der Waals surface area contributed by atoms with Crippen molar-refractivity contribution in [1.29, 1.82) is 0 Å². The first-order valence-corrected chi connectivity index (χ1v) is 12.7. The van der Waals surface area contributed by atoms with E-state index in [-0.39, 0.29) is 36.2 Å². The highest BCUT2D eigenvalue weighted by molar-refractivity contribution is 5.48. The van der Waals surface area contributed by atoms with Crippen molar-refractivity contribution in [1.82, 2.24) is 4.90 Å². The molecule has 1 unspecified atom stereocenters. The van der Waals surface area contributed by atoms with Crippen molar-refractivity contribution in [3.8, 4) is 17.2 Å². The Morgan fingerprint density at radius 1 is 0.943 bits per heavy atom. The summed E-state index contributed by atoms with van der Waals surface area (Å²) in [5.41, 5.74) is 4.85. The fourth-order valence-electron chi connectivity index (χ4n) is 5.78. The second kappa shape index (κ2) is 10.3. The van der Waals surface area contributed by atoms with Crippen LogP contribution in [0.1, 0.15) is 53.9 Å². The molecule has 1 aliphatic heterocycles. The summed E-state index contributed by atoms with van der Waals surface area (Å²) in [6, 6.07) is 21.9. The molecule has 0 bridgehead atoms. The third-order valence-corrected chi connectivity index (χ3v) is 7.80. The molecular weight excluding hydrogens is 441 g/mol. The fraction of sp³-hybridized carbons (Fsp3) is 0.400. The van der Waals surface area contributed by atoms with Gasteiger partial charge in [-0.15, -0.1) is 0 Å². The lowest BCUT2D eigenvalue weighted by molar-refractivity contribution is 0.165. The molecule has 3 aromatic rings. The van der Waals surface area contributed by atoms with E-state index in [2.05, 4.69) is 30.0 Å². The van der Waals surface area contributed by atoms with E-state index in [0.717, 1.165) is 38.1 Å². The summed E-state index contributed by atoms with van der Waals surface area (Å²) in [4.78, 5) is 2.31. The van der Waals surface area contributed by atoms with Gasteiger partial charge in [0.1, 0.15) is 23.9 Å². The van der Waals surface area contributed by atoms with Crippen LogP contribution in [0.4, 0.5) is 4.39 Å². The molecule has 4 nitrogen and oxygen atoms in total. The number of alkyl halides is 1. The minimum atomic E-state index is -0.236. The number of rotatable bonds is 7. The monoisotopic (exact) mass is 475 g/mol. The molecule has 4 atom stereocenters. The molecular formula is C30H34FNO3. The largest absolute Gasteiger partial charge is 0.508 e. The number of hydrogen-bond donors (Lipinski definition) is 2. The molecule has 1 fully saturated rings. The van der Waals surface area contributed by atoms with E-state index in [1.54, 1.807) is 18.2 Å². The zero-order chi connectivity index (χ0) is 24.4. The molecule has 0 saturated carbocycles. The average molecular weight is 476 g/mol. The first kappa shape index (κ1) is 23.7. The summed E-state index contributed by atoms with van der Waals surface area (Å²) < 4.78 is 19.1. The van der Waals surface area contributed by atoms with Crippen molar-refractivity contribution < 1.29 is 19.3 Å². The van der Waals surface area contributed by atoms with Gasteiger partial charge in [-0.1, -0.05) is 30.3 Å². The quantitative estimate of drug-likeness (QED) is 0.439. The maximum absolute atomic E-state index is 13.0. The van der Waals surface area contributed by atoms with Gasteiger partial charge in [0.05, 0.1) is 6.67 Å². The van der Waals surface area contributed by atoms with Crippen LogP contribution in [0.25, 0.3) is 0 Å². The number of likely N-dealkylation sites (tertiary alicyclic amines) is 1. The van der Waals surface area contributed by atoms with Gasteiger partial charge >= 0.3 is 0 Å². The fourth-order valence-corrected chi connectivity index (χ4v) is 5.78. The highest BCUT2D eigenvalue weighted by atomic mass is 19.1. The molecule has 5 heteroatoms. The van der Waals surface area contributed by atoms with Crippen LogP contribution in [0.5, 0.6) is 17.2 Å². The molecule has 0 radical (unpaired) electrons. The van der Waals surface area contributed by atoms with Gasteiger partial charge in [-0.25, -0.2) is 0 Å². The Morgan fingerprint density at radius 3 is 2.37 bits per heavy atom. The lowest BCUT2D eigenvalue weighted by Crippen LogP contribution is -2.35. The topological polar surface area (TPSA) is 52.9 Å². The number of aryl methyl sites for hydroxylation is 1. The molecule has 0 amide bonds. The van der Waals surface area contributed by atoms with Crippen LogP contribution >= 0.6 is 0 Å². The van der Waals surface area contributed by atoms with Crippen molar-refractivity contribution in [3.05, 3.63) is 89.0 Å². The Balaban J connectivity index is 1.35. The summed E-state index contributed by atoms with van der Waals surface area (Å²) in [5, 5.41) is 19.8. The Hall–Kier alpha value is -3.05. The standard InChI is InChI=1S/C30H34FNO3/c1-20(32-15-14-21(17-31)18-32)19-35-27-10-4-23(5-11-27)30-28(22-2-7-25(33)8-3-22)12-6-24-16-26(34)9-13-29(24)30/h2-5,7-11,13,16,20-21,28,30,33-34H,6,12,14-15,17-19H2,1H3/t20-,21-,28+,30?/m0/s1. The summed E-state index contributed by atoms with van der Waals surface area (Å²) in [5.74, 6) is 2.01. The molecule has 2 aliphatic rings. The number of phenols is 2. The van der Waals surface area contributed by atoms with Crippen LogP contribution < -0.4 is 4.74 Å². The third-order valence-electron chi connectivity index (χ3n) is 7.80. The van der Waals surface area contributed by atoms with Crippen LogP contribution in [-0.4, -0.2) is 47.5 Å². The number of fused-ring (bicyclic) bond motifs is 1. The summed E-state index contributed by atoms with van der Waals surface area (Å²) in [7, 11) is 0. The van der Waals surface area contributed by atoms with E-state index in [0.29, 0.717) is 12.4 Å². The van der Waals surface area contributed by atoms with Gasteiger partial charge in [-0.3, -0.25) is 9.29 Å². The van der Waals surface area contributed by atoms with Gasteiger partial charge in [0.2, 0.25) is 0 Å². The summed E-state index contributed by atoms with van der Waals surface area (Å²) >= 11 is 0. The second-order valence-electron chi connectivity index (χ2n) is 10.1. The van der Waals surface area contributed by atoms with Gasteiger partial charge < -0.3 is 14.9 Å². The number of halogens is 1. The van der Waals surface area contributed by atoms with Gasteiger partial charge in [-0.2, -0.15) is 0 Å². The van der Waals surface area contributed by atoms with Crippen molar-refractivity contribution in [2.75, 3.05) is 26.4 Å². The van der Waals surface area contributed by atoms with Crippen LogP contribution in [0.15, 0.2) is 66.7 Å². The number of phenolic OH excluding ortho intramolecular Hbond substituents is 2. The lowest BCUT2D eigenvalue weighted by atomic mass is 9.69. The smallest absolute Gasteiger partial charge is 0.119 e. The van der Waals surface area contributed by atoms with E-state index in [1.165, 1.54) is 22.3 Å². The Morgan fingerprint density at radius 2 is 1.66 bits per heavy atom. The number of hydrogen-bond acceptors (Lipinski definition) is 4. The molecule has 2 N–H and O–H groups in total. The molecule has 5 rings (SSSR count). The maximum atomic E-state index is 13.0. The minimum Gasteiger partial charge on any atom is -0.508 e. The van der Waals surface area contributed by atoms with Crippen molar-refractivity contribution in [3.63, 3.8) is 0 Å². The summed E-state index contributed by atoms with van der Waals surface area (Å²) in [6.07, 6.45) is 2.81. The Labute approximate surface area is 207 Å². The normalized spacial score (nSPS) is 23.1. The highest BCUT2D eigenvalue weighted by Gasteiger charge is 2.32. The van der Waals surface area contributed by atoms with Gasteiger partial charge in [0.25, 0.3) is 0 Å². The molecule has 184 valence electrons. The molecule has 0 aromatic heterocycles. The number of ether oxygens (including phenoxy) is 1. The minimum absolute atomic E-state index is 0.152. The van der Waals surface area contributed by atoms with Crippen LogP contribution in [-0.2, 0) is 6.42 Å². The van der Waals surface area contributed by atoms with Gasteiger partial charge in [-0.05, 0) is 97.3 Å². The SMILES string of the molecule is C[C@@H](COc1ccc(C2c3ccc(O)cc3CC[C@@H]2c2ccc(O)cc2)cc1)N1CC[C@@H](CF)C1. The van der Waals surface area contributed by atoms with E-state index >= 15 is 0 Å². The van der Waals surface area contributed by atoms with E-state index in [4.69, 9.17) is 4.74 Å². The van der Waals surface area contributed by atoms with Gasteiger partial charge in [0.15, 0.2) is 0 Å². The highest BCUT2D eigenvalue weighted by Crippen LogP contribution is 2.47. The predicted octanol–water partition coefficient (Wildman–Crippen LogP) is 6.02. The zero-order valence-corrected chi connectivity index (χ0v) is 20.2. The first-order valence-electron chi connectivity index (χ1n) is 12.7. The number of nitrogens with zero attached hydrogens (tertiary/aromatic N) is 1. The third kappa shape index (κ3) is 5.15. The van der Waals surface area contributed by atoms with Crippen molar-refractivity contribution in [2.45, 2.75) is 44.1 Å². The molecule has 1 aliphatic carbocycles. The van der Waals surface area contributed by atoms with E-state index in [1.807, 2.05) is 30.3 Å². The molecule has 1 saturated heterocycles. The molecule has 3 aromatic carbocycles. The molecule has 1 heterocycles. The van der Waals surface area contributed by atoms with Crippen LogP contribution in [0.2, 0.25) is 0 Å². The second-order valence-corrected chi connectivity index (χ2v) is 10.1. The molecule has 0 spiro atoms. The van der Waals surface area contributed by atoms with Crippen LogP contribution in [0.3, 0.4) is 0 Å². The lowest BCUT2D eigenvalue weighted by Gasteiger charge is -2.35. The van der Waals surface area contributed by atoms with E-state index in [9.17, 15) is 14.6 Å². The Kier molecular flexibility index (Phi) is 6.96. The van der Waals surface area contributed by atoms with E-state index < -0.39 is 0 Å². The number of aromatic hydroxyl groups is 2. The zero-order valence-electron chi connectivity index (χ0n) is 20.2. The number of benzene rings is 3. The summed E-state index contributed by atoms with van der Waals surface area (Å²) in [6.45, 7) is 4.24. The first-order chi connectivity index (χ1) is 17.0. The predicted molar refractivity (Wildman–Crippen MR) is 136 cm³/mol. The van der Waals surface area contributed by atoms with Crippen LogP contribution in [0, 0.1) is 5.92 Å². The van der Waals surface area contributed by atoms with Crippen molar-refractivity contribution in [2.24, 2.45) is 5.92 Å². The Bertz CT molecular complexity index is 1130.